The molecule has 0 unspecified atom stereocenters. The fraction of sp³-hybridized carbons (Fsp3) is 0.375. The number of aryl methyl sites for hydroxylation is 2. The van der Waals surface area contributed by atoms with Gasteiger partial charge in [0.25, 0.3) is 0 Å². The molecule has 0 aliphatic rings. The van der Waals surface area contributed by atoms with Crippen molar-refractivity contribution in [1.29, 1.82) is 0 Å². The highest BCUT2D eigenvalue weighted by molar-refractivity contribution is 14.0. The lowest BCUT2D eigenvalue weighted by Crippen LogP contribution is -2.36. The molecule has 2 aromatic rings. The number of hydrogen-bond acceptors (Lipinski definition) is 4. The number of aliphatic imine (C=N–C) groups is 1. The first-order chi connectivity index (χ1) is 10.6. The van der Waals surface area contributed by atoms with Crippen LogP contribution in [0.5, 0.6) is 5.75 Å². The maximum Gasteiger partial charge on any atom is 0.191 e. The number of benzene rings is 1. The molecule has 0 saturated heterocycles. The Hall–Kier alpha value is -1.35. The summed E-state index contributed by atoms with van der Waals surface area (Å²) in [6, 6.07) is 6.15. The van der Waals surface area contributed by atoms with Crippen LogP contribution in [-0.2, 0) is 13.1 Å². The van der Waals surface area contributed by atoms with Crippen molar-refractivity contribution in [2.75, 3.05) is 14.2 Å². The molecule has 0 atom stereocenters. The van der Waals surface area contributed by atoms with Gasteiger partial charge in [-0.1, -0.05) is 12.1 Å². The zero-order valence-corrected chi connectivity index (χ0v) is 17.0. The molecule has 1 heterocycles. The van der Waals surface area contributed by atoms with Gasteiger partial charge in [0.2, 0.25) is 0 Å². The van der Waals surface area contributed by atoms with Crippen molar-refractivity contribution in [2.45, 2.75) is 26.9 Å². The minimum atomic E-state index is 0. The van der Waals surface area contributed by atoms with Crippen molar-refractivity contribution in [1.82, 2.24) is 15.6 Å². The van der Waals surface area contributed by atoms with E-state index in [1.54, 1.807) is 25.5 Å². The van der Waals surface area contributed by atoms with Crippen molar-refractivity contribution in [3.8, 4) is 5.75 Å². The van der Waals surface area contributed by atoms with Gasteiger partial charge in [-0.05, 0) is 31.0 Å². The Balaban J connectivity index is 0.00000264. The van der Waals surface area contributed by atoms with Gasteiger partial charge in [0.15, 0.2) is 5.96 Å². The number of thiazole rings is 1. The summed E-state index contributed by atoms with van der Waals surface area (Å²) in [5.41, 5.74) is 2.31. The zero-order chi connectivity index (χ0) is 15.9. The van der Waals surface area contributed by atoms with Crippen LogP contribution in [0.4, 0.5) is 0 Å². The Bertz CT molecular complexity index is 657. The first kappa shape index (κ1) is 19.7. The summed E-state index contributed by atoms with van der Waals surface area (Å²) in [4.78, 5) is 9.77. The number of nitrogens with zero attached hydrogens (tertiary/aromatic N) is 2. The van der Waals surface area contributed by atoms with E-state index in [1.807, 2.05) is 19.2 Å². The summed E-state index contributed by atoms with van der Waals surface area (Å²) in [5, 5.41) is 7.63. The van der Waals surface area contributed by atoms with E-state index in [1.165, 1.54) is 10.4 Å². The molecule has 126 valence electrons. The number of rotatable bonds is 5. The van der Waals surface area contributed by atoms with E-state index in [2.05, 4.69) is 39.7 Å². The maximum absolute atomic E-state index is 5.27. The van der Waals surface area contributed by atoms with Gasteiger partial charge in [0, 0.05) is 24.7 Å². The van der Waals surface area contributed by atoms with Crippen LogP contribution in [0.25, 0.3) is 0 Å². The van der Waals surface area contributed by atoms with Crippen molar-refractivity contribution in [3.63, 3.8) is 0 Å². The highest BCUT2D eigenvalue weighted by Gasteiger charge is 2.03. The molecule has 0 aliphatic carbocycles. The van der Waals surface area contributed by atoms with Crippen LogP contribution in [0.15, 0.2) is 29.4 Å². The lowest BCUT2D eigenvalue weighted by atomic mass is 10.1. The second kappa shape index (κ2) is 9.71. The summed E-state index contributed by atoms with van der Waals surface area (Å²) < 4.78 is 5.27. The number of methoxy groups -OCH3 is 1. The highest BCUT2D eigenvalue weighted by atomic mass is 127. The van der Waals surface area contributed by atoms with E-state index in [0.29, 0.717) is 13.1 Å². The topological polar surface area (TPSA) is 58.5 Å². The second-order valence-corrected chi connectivity index (χ2v) is 6.27. The average Bonchev–Trinajstić information content (AvgIpc) is 2.93. The molecule has 0 aliphatic heterocycles. The number of guanidine groups is 1. The first-order valence-corrected chi connectivity index (χ1v) is 7.93. The largest absolute Gasteiger partial charge is 0.496 e. The average molecular weight is 446 g/mol. The van der Waals surface area contributed by atoms with Gasteiger partial charge in [-0.2, -0.15) is 0 Å². The lowest BCUT2D eigenvalue weighted by Gasteiger charge is -2.12. The lowest BCUT2D eigenvalue weighted by molar-refractivity contribution is 0.411. The number of halogens is 1. The summed E-state index contributed by atoms with van der Waals surface area (Å²) >= 11 is 1.69. The van der Waals surface area contributed by atoms with Crippen LogP contribution < -0.4 is 15.4 Å². The summed E-state index contributed by atoms with van der Waals surface area (Å²) in [6.07, 6.45) is 1.89. The molecule has 0 bridgehead atoms. The molecule has 5 nitrogen and oxygen atoms in total. The van der Waals surface area contributed by atoms with Crippen molar-refractivity contribution < 1.29 is 4.74 Å². The fourth-order valence-corrected chi connectivity index (χ4v) is 2.83. The van der Waals surface area contributed by atoms with Gasteiger partial charge in [0.05, 0.1) is 13.7 Å². The third kappa shape index (κ3) is 5.98. The zero-order valence-electron chi connectivity index (χ0n) is 13.8. The summed E-state index contributed by atoms with van der Waals surface area (Å²) in [5.74, 6) is 1.67. The van der Waals surface area contributed by atoms with Crippen LogP contribution in [0, 0.1) is 13.8 Å². The first-order valence-electron chi connectivity index (χ1n) is 7.11. The van der Waals surface area contributed by atoms with E-state index >= 15 is 0 Å². The molecule has 7 heteroatoms. The normalized spacial score (nSPS) is 10.9. The minimum absolute atomic E-state index is 0. The predicted octanol–water partition coefficient (Wildman–Crippen LogP) is 3.25. The van der Waals surface area contributed by atoms with Crippen LogP contribution >= 0.6 is 35.3 Å². The van der Waals surface area contributed by atoms with E-state index in [9.17, 15) is 0 Å². The van der Waals surface area contributed by atoms with Gasteiger partial charge < -0.3 is 15.4 Å². The molecule has 0 radical (unpaired) electrons. The standard InChI is InChI=1S/C16H22N4OS.HI/c1-11-7-13(5-6-14(11)21-4)9-19-16(17-3)20-10-15-18-8-12(2)22-15;/h5-8H,9-10H2,1-4H3,(H2,17,19,20);1H. The number of ether oxygens (including phenoxy) is 1. The Morgan fingerprint density at radius 3 is 2.57 bits per heavy atom. The SMILES string of the molecule is CN=C(NCc1ccc(OC)c(C)c1)NCc1ncc(C)s1.I. The molecular formula is C16H23IN4OS. The third-order valence-corrected chi connectivity index (χ3v) is 4.13. The number of aromatic nitrogens is 1. The van der Waals surface area contributed by atoms with Crippen molar-refractivity contribution in [2.24, 2.45) is 4.99 Å². The molecule has 1 aromatic heterocycles. The van der Waals surface area contributed by atoms with Gasteiger partial charge in [-0.15, -0.1) is 35.3 Å². The molecular weight excluding hydrogens is 423 g/mol. The van der Waals surface area contributed by atoms with Crippen LogP contribution in [0.1, 0.15) is 21.0 Å². The number of hydrogen-bond donors (Lipinski definition) is 2. The highest BCUT2D eigenvalue weighted by Crippen LogP contribution is 2.18. The Morgan fingerprint density at radius 2 is 2.00 bits per heavy atom. The van der Waals surface area contributed by atoms with Crippen molar-refractivity contribution >= 4 is 41.3 Å². The molecule has 0 spiro atoms. The smallest absolute Gasteiger partial charge is 0.191 e. The molecule has 23 heavy (non-hydrogen) atoms. The third-order valence-electron chi connectivity index (χ3n) is 3.22. The molecule has 0 saturated carbocycles. The maximum atomic E-state index is 5.27. The Labute approximate surface area is 158 Å². The Morgan fingerprint density at radius 1 is 1.26 bits per heavy atom. The summed E-state index contributed by atoms with van der Waals surface area (Å²) in [7, 11) is 3.45. The van der Waals surface area contributed by atoms with E-state index in [-0.39, 0.29) is 24.0 Å². The van der Waals surface area contributed by atoms with Gasteiger partial charge in [-0.25, -0.2) is 4.98 Å². The van der Waals surface area contributed by atoms with Gasteiger partial charge in [0.1, 0.15) is 10.8 Å². The quantitative estimate of drug-likeness (QED) is 0.421. The van der Waals surface area contributed by atoms with E-state index < -0.39 is 0 Å². The minimum Gasteiger partial charge on any atom is -0.496 e. The molecule has 0 fully saturated rings. The van der Waals surface area contributed by atoms with Crippen LogP contribution in [0.3, 0.4) is 0 Å². The Kier molecular flexibility index (Phi) is 8.32. The molecule has 1 aromatic carbocycles. The van der Waals surface area contributed by atoms with E-state index in [0.717, 1.165) is 22.3 Å². The number of nitrogens with one attached hydrogen (secondary N) is 2. The van der Waals surface area contributed by atoms with Gasteiger partial charge >= 0.3 is 0 Å². The second-order valence-electron chi connectivity index (χ2n) is 4.95. The predicted molar refractivity (Wildman–Crippen MR) is 107 cm³/mol. The van der Waals surface area contributed by atoms with Crippen molar-refractivity contribution in [3.05, 3.63) is 45.4 Å². The fourth-order valence-electron chi connectivity index (χ4n) is 2.10. The molecule has 2 rings (SSSR count). The van der Waals surface area contributed by atoms with E-state index in [4.69, 9.17) is 4.74 Å². The molecule has 0 amide bonds. The van der Waals surface area contributed by atoms with Crippen LogP contribution in [0.2, 0.25) is 0 Å². The monoisotopic (exact) mass is 446 g/mol. The van der Waals surface area contributed by atoms with Gasteiger partial charge in [-0.3, -0.25) is 4.99 Å². The van der Waals surface area contributed by atoms with Crippen LogP contribution in [-0.4, -0.2) is 25.1 Å². The molecule has 2 N–H and O–H groups in total. The summed E-state index contributed by atoms with van der Waals surface area (Å²) in [6.45, 7) is 5.49.